The molecule has 3 aromatic carbocycles. The van der Waals surface area contributed by atoms with E-state index in [-0.39, 0.29) is 17.9 Å². The van der Waals surface area contributed by atoms with Gasteiger partial charge in [0.1, 0.15) is 0 Å². The third-order valence-electron chi connectivity index (χ3n) is 8.18. The van der Waals surface area contributed by atoms with Gasteiger partial charge in [0.25, 0.3) is 0 Å². The van der Waals surface area contributed by atoms with Gasteiger partial charge in [-0.15, -0.1) is 0 Å². The lowest BCUT2D eigenvalue weighted by molar-refractivity contribution is -0.138. The van der Waals surface area contributed by atoms with Crippen molar-refractivity contribution < 1.29 is 26.7 Å². The molecule has 0 aliphatic heterocycles. The Morgan fingerprint density at radius 3 is 2.22 bits per heavy atom. The quantitative estimate of drug-likeness (QED) is 0.240. The van der Waals surface area contributed by atoms with E-state index in [4.69, 9.17) is 5.11 Å². The summed E-state index contributed by atoms with van der Waals surface area (Å²) in [7, 11) is -6.85. The van der Waals surface area contributed by atoms with Crippen molar-refractivity contribution in [3.05, 3.63) is 90.1 Å². The Balaban J connectivity index is 1.45. The van der Waals surface area contributed by atoms with Gasteiger partial charge in [-0.2, -0.15) is 0 Å². The molecular weight excluding hydrogens is 558 g/mol. The Labute approximate surface area is 241 Å². The molecular formula is C32H33NO6S2. The molecule has 1 aliphatic rings. The molecule has 0 radical (unpaired) electrons. The predicted octanol–water partition coefficient (Wildman–Crippen LogP) is 6.02. The third kappa shape index (κ3) is 6.21. The lowest BCUT2D eigenvalue weighted by Crippen LogP contribution is -2.28. The number of aromatic nitrogens is 1. The topological polar surface area (TPSA) is 118 Å². The van der Waals surface area contributed by atoms with Crippen LogP contribution in [0.2, 0.25) is 0 Å². The highest BCUT2D eigenvalue weighted by atomic mass is 32.2. The fraction of sp³-hybridized carbons (Fsp3) is 0.312. The average Bonchev–Trinajstić information content (AvgIpc) is 3.64. The van der Waals surface area contributed by atoms with Gasteiger partial charge in [0, 0.05) is 23.4 Å². The Bertz CT molecular complexity index is 1860. The summed E-state index contributed by atoms with van der Waals surface area (Å²) in [5.41, 5.74) is 5.04. The minimum absolute atomic E-state index is 0.104. The zero-order valence-electron chi connectivity index (χ0n) is 23.3. The Morgan fingerprint density at radius 1 is 0.902 bits per heavy atom. The minimum Gasteiger partial charge on any atom is -0.481 e. The molecule has 0 saturated heterocycles. The van der Waals surface area contributed by atoms with Gasteiger partial charge in [0.2, 0.25) is 0 Å². The summed E-state index contributed by atoms with van der Waals surface area (Å²) in [6.45, 7) is 3.41. The van der Waals surface area contributed by atoms with Crippen molar-refractivity contribution in [3.63, 3.8) is 0 Å². The monoisotopic (exact) mass is 591 g/mol. The van der Waals surface area contributed by atoms with E-state index in [2.05, 4.69) is 4.98 Å². The summed E-state index contributed by atoms with van der Waals surface area (Å²) in [5.74, 6) is -1.19. The van der Waals surface area contributed by atoms with Crippen LogP contribution in [0.1, 0.15) is 44.2 Å². The number of carboxylic acids is 1. The molecule has 41 heavy (non-hydrogen) atoms. The SMILES string of the molecule is CC(C)(c1cc(-c2cccc(-c3ccc(CS(=O)(=O)CC4(CC(=O)O)CC4)cc3)c2)c2ncccc2c1)S(C)(=O)=O. The number of nitrogens with zero attached hydrogens (tertiary/aromatic N) is 1. The molecule has 214 valence electrons. The average molecular weight is 592 g/mol. The van der Waals surface area contributed by atoms with Gasteiger partial charge in [0.05, 0.1) is 28.2 Å². The van der Waals surface area contributed by atoms with Crippen molar-refractivity contribution >= 4 is 36.5 Å². The van der Waals surface area contributed by atoms with Crippen LogP contribution in [0.4, 0.5) is 0 Å². The van der Waals surface area contributed by atoms with Crippen LogP contribution in [0.25, 0.3) is 33.2 Å². The van der Waals surface area contributed by atoms with E-state index in [1.165, 1.54) is 6.26 Å². The number of benzene rings is 3. The number of pyridine rings is 1. The van der Waals surface area contributed by atoms with Crippen LogP contribution >= 0.6 is 0 Å². The van der Waals surface area contributed by atoms with Gasteiger partial charge in [-0.05, 0) is 84.2 Å². The first-order valence-corrected chi connectivity index (χ1v) is 17.1. The second-order valence-corrected chi connectivity index (χ2v) is 16.4. The van der Waals surface area contributed by atoms with Crippen LogP contribution in [-0.4, -0.2) is 44.9 Å². The maximum atomic E-state index is 12.8. The number of aliphatic carboxylic acids is 1. The van der Waals surface area contributed by atoms with E-state index in [0.29, 0.717) is 24.0 Å². The molecule has 1 aliphatic carbocycles. The van der Waals surface area contributed by atoms with E-state index >= 15 is 0 Å². The van der Waals surface area contributed by atoms with Gasteiger partial charge in [-0.3, -0.25) is 9.78 Å². The smallest absolute Gasteiger partial charge is 0.303 e. The molecule has 0 amide bonds. The first-order valence-electron chi connectivity index (χ1n) is 13.4. The van der Waals surface area contributed by atoms with E-state index in [1.54, 1.807) is 32.2 Å². The number of carbonyl (C=O) groups is 1. The second-order valence-electron chi connectivity index (χ2n) is 11.8. The highest BCUT2D eigenvalue weighted by molar-refractivity contribution is 7.91. The summed E-state index contributed by atoms with van der Waals surface area (Å²) in [6.07, 6.45) is 4.12. The number of rotatable bonds is 10. The van der Waals surface area contributed by atoms with Crippen LogP contribution in [0.5, 0.6) is 0 Å². The molecule has 1 N–H and O–H groups in total. The lowest BCUT2D eigenvalue weighted by atomic mass is 9.92. The van der Waals surface area contributed by atoms with Crippen LogP contribution < -0.4 is 0 Å². The maximum Gasteiger partial charge on any atom is 0.303 e. The Morgan fingerprint density at radius 2 is 1.59 bits per heavy atom. The van der Waals surface area contributed by atoms with E-state index in [9.17, 15) is 21.6 Å². The summed E-state index contributed by atoms with van der Waals surface area (Å²) in [6, 6.07) is 22.8. The van der Waals surface area contributed by atoms with Crippen LogP contribution in [0.15, 0.2) is 79.0 Å². The highest BCUT2D eigenvalue weighted by Gasteiger charge is 2.47. The number of hydrogen-bond acceptors (Lipinski definition) is 6. The largest absolute Gasteiger partial charge is 0.481 e. The third-order valence-corrected chi connectivity index (χ3v) is 12.1. The van der Waals surface area contributed by atoms with Crippen molar-refractivity contribution in [1.82, 2.24) is 4.98 Å². The number of carboxylic acid groups (broad SMARTS) is 1. The summed E-state index contributed by atoms with van der Waals surface area (Å²) in [4.78, 5) is 15.7. The summed E-state index contributed by atoms with van der Waals surface area (Å²) < 4.78 is 49.8. The summed E-state index contributed by atoms with van der Waals surface area (Å²) >= 11 is 0. The molecule has 0 bridgehead atoms. The first-order chi connectivity index (χ1) is 19.2. The zero-order chi connectivity index (χ0) is 29.6. The fourth-order valence-electron chi connectivity index (χ4n) is 5.27. The number of fused-ring (bicyclic) bond motifs is 1. The molecule has 1 aromatic heterocycles. The predicted molar refractivity (Wildman–Crippen MR) is 162 cm³/mol. The molecule has 0 spiro atoms. The minimum atomic E-state index is -3.46. The van der Waals surface area contributed by atoms with Gasteiger partial charge >= 0.3 is 5.97 Å². The first kappa shape index (κ1) is 29.0. The number of hydrogen-bond donors (Lipinski definition) is 1. The molecule has 1 heterocycles. The molecule has 0 unspecified atom stereocenters. The standard InChI is InChI=1S/C32H33NO6S2/c1-31(2,40(3,36)37)27-17-26-8-5-15-33-30(26)28(18-27)25-7-4-6-24(16-25)23-11-9-22(10-12-23)20-41(38,39)21-32(13-14-32)19-29(34)35/h4-12,15-18H,13-14,19-21H2,1-3H3,(H,34,35). The van der Waals surface area contributed by atoms with E-state index < -0.39 is 35.8 Å². The number of sulfone groups is 2. The van der Waals surface area contributed by atoms with Crippen molar-refractivity contribution in [1.29, 1.82) is 0 Å². The van der Waals surface area contributed by atoms with Gasteiger partial charge in [-0.1, -0.05) is 48.5 Å². The molecule has 1 fully saturated rings. The van der Waals surface area contributed by atoms with E-state index in [0.717, 1.165) is 33.2 Å². The van der Waals surface area contributed by atoms with Gasteiger partial charge < -0.3 is 5.11 Å². The molecule has 7 nitrogen and oxygen atoms in total. The highest BCUT2D eigenvalue weighted by Crippen LogP contribution is 2.50. The van der Waals surface area contributed by atoms with Crippen molar-refractivity contribution in [2.75, 3.05) is 12.0 Å². The second kappa shape index (κ2) is 10.4. The molecule has 0 atom stereocenters. The molecule has 1 saturated carbocycles. The van der Waals surface area contributed by atoms with Crippen LogP contribution in [0, 0.1) is 5.41 Å². The van der Waals surface area contributed by atoms with Gasteiger partial charge in [0.15, 0.2) is 19.7 Å². The van der Waals surface area contributed by atoms with Gasteiger partial charge in [-0.25, -0.2) is 16.8 Å². The Kier molecular flexibility index (Phi) is 7.32. The molecule has 4 aromatic rings. The van der Waals surface area contributed by atoms with Crippen LogP contribution in [-0.2, 0) is 35.0 Å². The molecule has 9 heteroatoms. The zero-order valence-corrected chi connectivity index (χ0v) is 24.9. The normalized spacial score (nSPS) is 15.1. The van der Waals surface area contributed by atoms with E-state index in [1.807, 2.05) is 60.7 Å². The fourth-order valence-corrected chi connectivity index (χ4v) is 7.95. The summed E-state index contributed by atoms with van der Waals surface area (Å²) in [5, 5.41) is 9.97. The van der Waals surface area contributed by atoms with Crippen molar-refractivity contribution in [3.8, 4) is 22.3 Å². The van der Waals surface area contributed by atoms with Crippen LogP contribution in [0.3, 0.4) is 0 Å². The molecule has 5 rings (SSSR count). The van der Waals surface area contributed by atoms with Crippen molar-refractivity contribution in [2.45, 2.75) is 43.6 Å². The van der Waals surface area contributed by atoms with Crippen molar-refractivity contribution in [2.24, 2.45) is 5.41 Å². The maximum absolute atomic E-state index is 12.8. The Hall–Kier alpha value is -3.56. The lowest BCUT2D eigenvalue weighted by Gasteiger charge is -2.24.